The van der Waals surface area contributed by atoms with Crippen molar-refractivity contribution in [2.75, 3.05) is 17.7 Å². The number of pyridine rings is 1. The number of benzene rings is 1. The molecule has 174 valence electrons. The monoisotopic (exact) mass is 495 g/mol. The lowest BCUT2D eigenvalue weighted by molar-refractivity contribution is -0.249. The number of anilines is 2. The maximum atomic E-state index is 14.6. The van der Waals surface area contributed by atoms with Gasteiger partial charge >= 0.3 is 6.18 Å². The number of carbonyl (C=O) groups is 1. The Labute approximate surface area is 191 Å². The van der Waals surface area contributed by atoms with Crippen molar-refractivity contribution in [3.8, 4) is 0 Å². The molecule has 1 aromatic heterocycles. The minimum absolute atomic E-state index is 0. The summed E-state index contributed by atoms with van der Waals surface area (Å²) in [6.45, 7) is 1.53. The van der Waals surface area contributed by atoms with Crippen LogP contribution in [0, 0.1) is 5.82 Å². The number of nitrogens with zero attached hydrogens (tertiary/aromatic N) is 2. The Morgan fingerprint density at radius 1 is 1.25 bits per heavy atom. The van der Waals surface area contributed by atoms with Crippen molar-refractivity contribution in [1.82, 2.24) is 4.98 Å². The number of nitrogens with two attached hydrogens (primary N) is 2. The lowest BCUT2D eigenvalue weighted by atomic mass is 9.89. The largest absolute Gasteiger partial charge is 0.424 e. The van der Waals surface area contributed by atoms with Crippen molar-refractivity contribution >= 4 is 47.1 Å². The van der Waals surface area contributed by atoms with Gasteiger partial charge in [-0.05, 0) is 38.1 Å². The van der Waals surface area contributed by atoms with E-state index in [-0.39, 0.29) is 40.1 Å². The van der Waals surface area contributed by atoms with Crippen molar-refractivity contribution in [2.24, 2.45) is 10.7 Å². The van der Waals surface area contributed by atoms with Crippen molar-refractivity contribution in [3.05, 3.63) is 52.6 Å². The molecular formula is C19H19Cl2F4N5O2. The first kappa shape index (κ1) is 25.6. The van der Waals surface area contributed by atoms with E-state index in [1.54, 1.807) is 0 Å². The van der Waals surface area contributed by atoms with Crippen molar-refractivity contribution < 1.29 is 27.1 Å². The predicted molar refractivity (Wildman–Crippen MR) is 115 cm³/mol. The quantitative estimate of drug-likeness (QED) is 0.555. The summed E-state index contributed by atoms with van der Waals surface area (Å²) in [6.07, 6.45) is -3.57. The van der Waals surface area contributed by atoms with Crippen LogP contribution in [0.25, 0.3) is 0 Å². The molecule has 0 fully saturated rings. The topological polar surface area (TPSA) is 116 Å². The highest BCUT2D eigenvalue weighted by Gasteiger charge is 2.59. The number of alkyl halides is 3. The number of amides is 1. The Hall–Kier alpha value is -2.63. The van der Waals surface area contributed by atoms with Gasteiger partial charge in [0.25, 0.3) is 5.91 Å². The Morgan fingerprint density at radius 3 is 2.47 bits per heavy atom. The van der Waals surface area contributed by atoms with Crippen LogP contribution in [0.5, 0.6) is 0 Å². The summed E-state index contributed by atoms with van der Waals surface area (Å²) in [5, 5.41) is 2.74. The maximum Gasteiger partial charge on any atom is 0.424 e. The first-order valence-corrected chi connectivity index (χ1v) is 9.23. The first-order valence-electron chi connectivity index (χ1n) is 8.86. The molecule has 0 aliphatic carbocycles. The number of halogens is 6. The highest BCUT2D eigenvalue weighted by atomic mass is 35.5. The predicted octanol–water partition coefficient (Wildman–Crippen LogP) is 4.05. The lowest BCUT2D eigenvalue weighted by Gasteiger charge is -2.41. The lowest BCUT2D eigenvalue weighted by Crippen LogP contribution is -2.60. The molecular weight excluding hydrogens is 477 g/mol. The second-order valence-electron chi connectivity index (χ2n) is 7.33. The van der Waals surface area contributed by atoms with Crippen molar-refractivity contribution in [2.45, 2.75) is 31.2 Å². The number of aromatic nitrogens is 1. The van der Waals surface area contributed by atoms with E-state index in [4.69, 9.17) is 27.8 Å². The fraction of sp³-hybridized carbons (Fsp3) is 0.316. The molecule has 1 aliphatic heterocycles. The van der Waals surface area contributed by atoms with E-state index in [0.29, 0.717) is 0 Å². The van der Waals surface area contributed by atoms with Crippen LogP contribution in [-0.4, -0.2) is 35.1 Å². The van der Waals surface area contributed by atoms with Gasteiger partial charge in [-0.1, -0.05) is 11.6 Å². The summed E-state index contributed by atoms with van der Waals surface area (Å²) in [5.74, 6) is -2.29. The van der Waals surface area contributed by atoms with Crippen LogP contribution in [0.3, 0.4) is 0 Å². The van der Waals surface area contributed by atoms with Crippen LogP contribution in [0.1, 0.15) is 29.9 Å². The second-order valence-corrected chi connectivity index (χ2v) is 7.77. The highest BCUT2D eigenvalue weighted by Crippen LogP contribution is 2.41. The molecule has 13 heteroatoms. The van der Waals surface area contributed by atoms with E-state index < -0.39 is 41.5 Å². The van der Waals surface area contributed by atoms with E-state index in [2.05, 4.69) is 15.3 Å². The number of carbonyl (C=O) groups excluding carboxylic acids is 1. The zero-order valence-electron chi connectivity index (χ0n) is 16.8. The minimum Gasteiger partial charge on any atom is -0.397 e. The molecule has 2 atom stereocenters. The van der Waals surface area contributed by atoms with Crippen LogP contribution in [0.15, 0.2) is 35.5 Å². The van der Waals surface area contributed by atoms with Gasteiger partial charge in [0.1, 0.15) is 17.2 Å². The van der Waals surface area contributed by atoms with E-state index in [1.807, 2.05) is 0 Å². The molecule has 0 unspecified atom stereocenters. The minimum atomic E-state index is -4.80. The van der Waals surface area contributed by atoms with Gasteiger partial charge in [0.15, 0.2) is 5.69 Å². The Morgan fingerprint density at radius 2 is 1.91 bits per heavy atom. The third-order valence-corrected chi connectivity index (χ3v) is 5.15. The standard InChI is InChI=1S/C19H18ClF4N5O2.ClH/c1-17(8-31-18(2,16(26)29-17)19(22,23)24)11-6-10(3-4-12(11)21)28-15(30)14-13(25)5-9(20)7-27-14;/h3-7H,8,25H2,1-2H3,(H2,26,29)(H,28,30);1H/t17-,18+;/m0./s1. The summed E-state index contributed by atoms with van der Waals surface area (Å²) < 4.78 is 59.5. The Bertz CT molecular complexity index is 1080. The molecule has 3 rings (SSSR count). The van der Waals surface area contributed by atoms with E-state index in [0.717, 1.165) is 13.0 Å². The number of hydrogen-bond donors (Lipinski definition) is 3. The zero-order valence-corrected chi connectivity index (χ0v) is 18.3. The molecule has 1 aromatic carbocycles. The van der Waals surface area contributed by atoms with Gasteiger partial charge in [-0.15, -0.1) is 12.4 Å². The summed E-state index contributed by atoms with van der Waals surface area (Å²) in [5.41, 5.74) is 6.90. The van der Waals surface area contributed by atoms with Crippen LogP contribution in [-0.2, 0) is 10.3 Å². The second kappa shape index (κ2) is 8.72. The molecule has 1 aliphatic rings. The third kappa shape index (κ3) is 4.59. The zero-order chi connectivity index (χ0) is 23.2. The average molecular weight is 496 g/mol. The number of nitrogen functional groups attached to an aromatic ring is 1. The molecule has 0 radical (unpaired) electrons. The number of nitrogens with one attached hydrogen (secondary N) is 1. The number of aliphatic imine (C=N–C) groups is 1. The summed E-state index contributed by atoms with van der Waals surface area (Å²) in [4.78, 5) is 20.2. The maximum absolute atomic E-state index is 14.6. The molecule has 2 aromatic rings. The molecule has 0 saturated heterocycles. The fourth-order valence-corrected chi connectivity index (χ4v) is 3.15. The Balaban J connectivity index is 0.00000363. The summed E-state index contributed by atoms with van der Waals surface area (Å²) in [6, 6.07) is 4.88. The molecule has 0 bridgehead atoms. The average Bonchev–Trinajstić information content (AvgIpc) is 2.65. The van der Waals surface area contributed by atoms with Crippen molar-refractivity contribution in [1.29, 1.82) is 0 Å². The molecule has 32 heavy (non-hydrogen) atoms. The van der Waals surface area contributed by atoms with Gasteiger partial charge < -0.3 is 21.5 Å². The molecule has 0 saturated carbocycles. The summed E-state index contributed by atoms with van der Waals surface area (Å²) >= 11 is 5.76. The first-order chi connectivity index (χ1) is 14.3. The number of amidine groups is 1. The Kier molecular flexibility index (Phi) is 6.98. The van der Waals surface area contributed by atoms with Gasteiger partial charge in [-0.3, -0.25) is 9.79 Å². The smallest absolute Gasteiger partial charge is 0.397 e. The fourth-order valence-electron chi connectivity index (χ4n) is 2.98. The van der Waals surface area contributed by atoms with Gasteiger partial charge in [-0.2, -0.15) is 13.2 Å². The number of hydrogen-bond acceptors (Lipinski definition) is 6. The van der Waals surface area contributed by atoms with Gasteiger partial charge in [0, 0.05) is 17.4 Å². The molecule has 2 heterocycles. The van der Waals surface area contributed by atoms with Gasteiger partial charge in [-0.25, -0.2) is 9.37 Å². The molecule has 7 nitrogen and oxygen atoms in total. The third-order valence-electron chi connectivity index (χ3n) is 4.94. The van der Waals surface area contributed by atoms with E-state index in [9.17, 15) is 22.4 Å². The SMILES string of the molecule is C[C@@]1(c2cc(NC(=O)c3ncc(Cl)cc3N)ccc2F)CO[C@@](C)(C(F)(F)F)C(N)=N1.Cl. The highest BCUT2D eigenvalue weighted by molar-refractivity contribution is 6.30. The normalized spacial score (nSPS) is 23.2. The molecule has 1 amide bonds. The van der Waals surface area contributed by atoms with E-state index >= 15 is 0 Å². The summed E-state index contributed by atoms with van der Waals surface area (Å²) in [7, 11) is 0. The van der Waals surface area contributed by atoms with Gasteiger partial charge in [0.05, 0.1) is 17.3 Å². The number of rotatable bonds is 3. The van der Waals surface area contributed by atoms with Crippen LogP contribution < -0.4 is 16.8 Å². The van der Waals surface area contributed by atoms with Crippen LogP contribution >= 0.6 is 24.0 Å². The van der Waals surface area contributed by atoms with E-state index in [1.165, 1.54) is 31.3 Å². The van der Waals surface area contributed by atoms with Gasteiger partial charge in [0.2, 0.25) is 5.60 Å². The van der Waals surface area contributed by atoms with Crippen molar-refractivity contribution in [3.63, 3.8) is 0 Å². The molecule has 0 spiro atoms. The molecule has 5 N–H and O–H groups in total. The van der Waals surface area contributed by atoms with Crippen LogP contribution in [0.4, 0.5) is 28.9 Å². The number of ether oxygens (including phenoxy) is 1. The van der Waals surface area contributed by atoms with Crippen LogP contribution in [0.2, 0.25) is 5.02 Å².